The Hall–Kier alpha value is -1.36. The molecule has 2 aliphatic heterocycles. The van der Waals surface area contributed by atoms with Crippen molar-refractivity contribution >= 4 is 22.6 Å². The van der Waals surface area contributed by atoms with Crippen LogP contribution in [-0.4, -0.2) is 23.8 Å². The summed E-state index contributed by atoms with van der Waals surface area (Å²) in [5.74, 6) is 3.25. The maximum atomic E-state index is 5.35. The molecule has 0 amide bonds. The van der Waals surface area contributed by atoms with Gasteiger partial charge in [-0.05, 0) is 18.1 Å². The first kappa shape index (κ1) is 11.7. The molecule has 0 saturated heterocycles. The molecule has 96 valence electrons. The Balaban J connectivity index is 1.72. The number of ether oxygens (including phenoxy) is 2. The summed E-state index contributed by atoms with van der Waals surface area (Å²) in [6, 6.07) is 6.28. The predicted octanol–water partition coefficient (Wildman–Crippen LogP) is 2.95. The lowest BCUT2D eigenvalue weighted by molar-refractivity contribution is 0.174. The molecule has 0 spiro atoms. The van der Waals surface area contributed by atoms with E-state index in [1.807, 2.05) is 18.2 Å². The highest BCUT2D eigenvalue weighted by atomic mass is 32.2. The van der Waals surface area contributed by atoms with Gasteiger partial charge in [0.05, 0.1) is 6.04 Å². The van der Waals surface area contributed by atoms with Gasteiger partial charge in [-0.2, -0.15) is 0 Å². The molecule has 4 nitrogen and oxygen atoms in total. The van der Waals surface area contributed by atoms with E-state index in [2.05, 4.69) is 24.2 Å². The average Bonchev–Trinajstić information content (AvgIpc) is 2.96. The fourth-order valence-electron chi connectivity index (χ4n) is 1.90. The number of nitrogens with one attached hydrogen (secondary N) is 1. The van der Waals surface area contributed by atoms with Gasteiger partial charge in [-0.3, -0.25) is 4.99 Å². The minimum Gasteiger partial charge on any atom is -0.454 e. The van der Waals surface area contributed by atoms with Crippen molar-refractivity contribution in [1.82, 2.24) is 0 Å². The molecule has 1 aromatic carbocycles. The third-order valence-corrected chi connectivity index (χ3v) is 4.06. The molecule has 0 bridgehead atoms. The van der Waals surface area contributed by atoms with Gasteiger partial charge >= 0.3 is 0 Å². The lowest BCUT2D eigenvalue weighted by Gasteiger charge is -2.08. The van der Waals surface area contributed by atoms with E-state index < -0.39 is 0 Å². The summed E-state index contributed by atoms with van der Waals surface area (Å²) in [6.45, 7) is 4.72. The summed E-state index contributed by atoms with van der Waals surface area (Å²) in [4.78, 5) is 4.67. The summed E-state index contributed by atoms with van der Waals surface area (Å²) in [5, 5.41) is 4.33. The molecule has 18 heavy (non-hydrogen) atoms. The Bertz CT molecular complexity index is 488. The van der Waals surface area contributed by atoms with Crippen molar-refractivity contribution in [3.8, 4) is 11.5 Å². The fourth-order valence-corrected chi connectivity index (χ4v) is 3.09. The lowest BCUT2D eigenvalue weighted by atomic mass is 10.1. The average molecular weight is 264 g/mol. The second-order valence-electron chi connectivity index (χ2n) is 4.75. The Morgan fingerprint density at radius 3 is 2.94 bits per heavy atom. The standard InChI is InChI=1S/C13H16N2O2S/c1-8(2)10-6-18-13(15-10)14-9-3-4-11-12(5-9)17-7-16-11/h3-5,8,10H,6-7H2,1-2H3,(H,14,15)/t10-/m1/s1. The molecule has 0 aliphatic carbocycles. The van der Waals surface area contributed by atoms with E-state index in [4.69, 9.17) is 9.47 Å². The van der Waals surface area contributed by atoms with Crippen LogP contribution in [0, 0.1) is 5.92 Å². The quantitative estimate of drug-likeness (QED) is 0.892. The largest absolute Gasteiger partial charge is 0.454 e. The molecule has 0 unspecified atom stereocenters. The first-order valence-electron chi connectivity index (χ1n) is 6.09. The summed E-state index contributed by atoms with van der Waals surface area (Å²) in [6.07, 6.45) is 0. The highest BCUT2D eigenvalue weighted by Gasteiger charge is 2.21. The summed E-state index contributed by atoms with van der Waals surface area (Å²) >= 11 is 1.77. The molecule has 0 radical (unpaired) electrons. The molecule has 2 aliphatic rings. The molecule has 3 rings (SSSR count). The summed E-state index contributed by atoms with van der Waals surface area (Å²) in [7, 11) is 0. The van der Waals surface area contributed by atoms with Crippen molar-refractivity contribution in [3.63, 3.8) is 0 Å². The topological polar surface area (TPSA) is 42.8 Å². The summed E-state index contributed by atoms with van der Waals surface area (Å²) in [5.41, 5.74) is 0.995. The SMILES string of the molecule is CC(C)[C@H]1CSC(Nc2ccc3c(c2)OCO3)=N1. The fraction of sp³-hybridized carbons (Fsp3) is 0.462. The number of rotatable bonds is 2. The third-order valence-electron chi connectivity index (χ3n) is 3.07. The van der Waals surface area contributed by atoms with Gasteiger partial charge in [-0.1, -0.05) is 25.6 Å². The van der Waals surface area contributed by atoms with E-state index >= 15 is 0 Å². The van der Waals surface area contributed by atoms with Crippen LogP contribution in [0.15, 0.2) is 23.2 Å². The molecule has 1 aromatic rings. The van der Waals surface area contributed by atoms with Crippen molar-refractivity contribution in [3.05, 3.63) is 18.2 Å². The van der Waals surface area contributed by atoms with Crippen molar-refractivity contribution < 1.29 is 9.47 Å². The lowest BCUT2D eigenvalue weighted by Crippen LogP contribution is -2.12. The molecular formula is C13H16N2O2S. The minimum atomic E-state index is 0.309. The van der Waals surface area contributed by atoms with Gasteiger partial charge in [0.2, 0.25) is 6.79 Å². The minimum absolute atomic E-state index is 0.309. The smallest absolute Gasteiger partial charge is 0.231 e. The number of anilines is 1. The van der Waals surface area contributed by atoms with Gasteiger partial charge in [0.15, 0.2) is 16.7 Å². The third kappa shape index (κ3) is 2.27. The second kappa shape index (κ2) is 4.72. The highest BCUT2D eigenvalue weighted by molar-refractivity contribution is 8.14. The number of amidine groups is 1. The van der Waals surface area contributed by atoms with Crippen LogP contribution < -0.4 is 14.8 Å². The zero-order valence-corrected chi connectivity index (χ0v) is 11.3. The van der Waals surface area contributed by atoms with Crippen molar-refractivity contribution in [2.24, 2.45) is 10.9 Å². The molecule has 5 heteroatoms. The Kier molecular flexibility index (Phi) is 3.07. The van der Waals surface area contributed by atoms with Crippen LogP contribution in [0.25, 0.3) is 0 Å². The van der Waals surface area contributed by atoms with Crippen LogP contribution in [0.1, 0.15) is 13.8 Å². The van der Waals surface area contributed by atoms with Crippen LogP contribution in [0.3, 0.4) is 0 Å². The van der Waals surface area contributed by atoms with E-state index in [9.17, 15) is 0 Å². The van der Waals surface area contributed by atoms with Crippen molar-refractivity contribution in [2.75, 3.05) is 17.9 Å². The number of nitrogens with zero attached hydrogens (tertiary/aromatic N) is 1. The predicted molar refractivity (Wildman–Crippen MR) is 74.7 cm³/mol. The Labute approximate surface area is 111 Å². The number of thioether (sulfide) groups is 1. The van der Waals surface area contributed by atoms with Crippen LogP contribution in [0.4, 0.5) is 5.69 Å². The molecule has 0 fully saturated rings. The number of hydrogen-bond acceptors (Lipinski definition) is 5. The monoisotopic (exact) mass is 264 g/mol. The first-order valence-corrected chi connectivity index (χ1v) is 7.08. The number of hydrogen-bond donors (Lipinski definition) is 1. The van der Waals surface area contributed by atoms with Gasteiger partial charge < -0.3 is 14.8 Å². The van der Waals surface area contributed by atoms with E-state index in [0.717, 1.165) is 28.1 Å². The maximum absolute atomic E-state index is 5.35. The number of fused-ring (bicyclic) bond motifs is 1. The maximum Gasteiger partial charge on any atom is 0.231 e. The molecule has 1 atom stereocenters. The normalized spacial score (nSPS) is 21.3. The van der Waals surface area contributed by atoms with Crippen molar-refractivity contribution in [1.29, 1.82) is 0 Å². The van der Waals surface area contributed by atoms with Gasteiger partial charge in [0, 0.05) is 17.5 Å². The highest BCUT2D eigenvalue weighted by Crippen LogP contribution is 2.35. The zero-order valence-electron chi connectivity index (χ0n) is 10.5. The van der Waals surface area contributed by atoms with Crippen LogP contribution in [-0.2, 0) is 0 Å². The molecule has 0 aromatic heterocycles. The van der Waals surface area contributed by atoms with Gasteiger partial charge in [0.25, 0.3) is 0 Å². The van der Waals surface area contributed by atoms with Gasteiger partial charge in [0.1, 0.15) is 0 Å². The van der Waals surface area contributed by atoms with Crippen LogP contribution in [0.5, 0.6) is 11.5 Å². The molecular weight excluding hydrogens is 248 g/mol. The van der Waals surface area contributed by atoms with Crippen molar-refractivity contribution in [2.45, 2.75) is 19.9 Å². The van der Waals surface area contributed by atoms with E-state index in [0.29, 0.717) is 18.8 Å². The Morgan fingerprint density at radius 1 is 1.33 bits per heavy atom. The molecule has 2 heterocycles. The Morgan fingerprint density at radius 2 is 2.17 bits per heavy atom. The van der Waals surface area contributed by atoms with Crippen LogP contribution >= 0.6 is 11.8 Å². The number of benzene rings is 1. The van der Waals surface area contributed by atoms with E-state index in [1.54, 1.807) is 11.8 Å². The first-order chi connectivity index (χ1) is 8.72. The molecule has 1 N–H and O–H groups in total. The zero-order chi connectivity index (χ0) is 12.5. The van der Waals surface area contributed by atoms with E-state index in [1.165, 1.54) is 0 Å². The summed E-state index contributed by atoms with van der Waals surface area (Å²) < 4.78 is 10.6. The van der Waals surface area contributed by atoms with Crippen LogP contribution in [0.2, 0.25) is 0 Å². The van der Waals surface area contributed by atoms with Gasteiger partial charge in [-0.25, -0.2) is 0 Å². The number of aliphatic imine (C=N–C) groups is 1. The second-order valence-corrected chi connectivity index (χ2v) is 5.76. The molecule has 0 saturated carbocycles. The van der Waals surface area contributed by atoms with E-state index in [-0.39, 0.29) is 0 Å². The van der Waals surface area contributed by atoms with Gasteiger partial charge in [-0.15, -0.1) is 0 Å².